The van der Waals surface area contributed by atoms with Crippen LogP contribution in [0.4, 0.5) is 0 Å². The Morgan fingerprint density at radius 2 is 1.66 bits per heavy atom. The maximum Gasteiger partial charge on any atom is 0.261 e. The second kappa shape index (κ2) is 12.6. The van der Waals surface area contributed by atoms with Gasteiger partial charge in [0.2, 0.25) is 5.91 Å². The smallest absolute Gasteiger partial charge is 0.261 e. The van der Waals surface area contributed by atoms with Gasteiger partial charge in [-0.1, -0.05) is 43.1 Å². The highest BCUT2D eigenvalue weighted by atomic mass is 35.5. The van der Waals surface area contributed by atoms with E-state index in [1.54, 1.807) is 49.6 Å². The molecule has 6 nitrogen and oxygen atoms in total. The van der Waals surface area contributed by atoms with Gasteiger partial charge in [0, 0.05) is 12.6 Å². The lowest BCUT2D eigenvalue weighted by molar-refractivity contribution is -0.143. The summed E-state index contributed by atoms with van der Waals surface area (Å²) in [5.41, 5.74) is 0.770. The molecule has 2 atom stereocenters. The summed E-state index contributed by atoms with van der Waals surface area (Å²) in [6, 6.07) is 11.5. The van der Waals surface area contributed by atoms with Gasteiger partial charge < -0.3 is 19.7 Å². The number of benzene rings is 2. The molecule has 8 heteroatoms. The molecular formula is C24H30Cl2N2O4. The van der Waals surface area contributed by atoms with Crippen LogP contribution >= 0.6 is 23.2 Å². The maximum absolute atomic E-state index is 13.2. The highest BCUT2D eigenvalue weighted by Crippen LogP contribution is 2.24. The fourth-order valence-corrected chi connectivity index (χ4v) is 3.42. The number of carbonyl (C=O) groups is 2. The Kier molecular flexibility index (Phi) is 10.1. The highest BCUT2D eigenvalue weighted by molar-refractivity contribution is 6.42. The monoisotopic (exact) mass is 480 g/mol. The van der Waals surface area contributed by atoms with Crippen LogP contribution in [-0.2, 0) is 16.1 Å². The van der Waals surface area contributed by atoms with Gasteiger partial charge in [0.1, 0.15) is 17.5 Å². The van der Waals surface area contributed by atoms with Crippen molar-refractivity contribution in [2.45, 2.75) is 52.2 Å². The van der Waals surface area contributed by atoms with E-state index in [4.69, 9.17) is 32.7 Å². The van der Waals surface area contributed by atoms with Gasteiger partial charge in [0.15, 0.2) is 6.61 Å². The fraction of sp³-hybridized carbons (Fsp3) is 0.417. The molecule has 0 saturated heterocycles. The van der Waals surface area contributed by atoms with Crippen molar-refractivity contribution in [3.05, 3.63) is 58.1 Å². The number of nitrogens with zero attached hydrogens (tertiary/aromatic N) is 1. The van der Waals surface area contributed by atoms with Gasteiger partial charge >= 0.3 is 0 Å². The average Bonchev–Trinajstić information content (AvgIpc) is 2.79. The number of carbonyl (C=O) groups excluding carboxylic acids is 2. The van der Waals surface area contributed by atoms with Gasteiger partial charge in [0.05, 0.1) is 17.2 Å². The highest BCUT2D eigenvalue weighted by Gasteiger charge is 2.29. The predicted octanol–water partition coefficient (Wildman–Crippen LogP) is 5.10. The van der Waals surface area contributed by atoms with E-state index in [1.807, 2.05) is 20.8 Å². The molecule has 0 heterocycles. The van der Waals surface area contributed by atoms with E-state index in [2.05, 4.69) is 5.32 Å². The van der Waals surface area contributed by atoms with Crippen molar-refractivity contribution in [1.29, 1.82) is 0 Å². The maximum atomic E-state index is 13.2. The SMILES string of the molecule is CC[C@H](C)NC(=O)[C@H](CC)N(Cc1ccc(Cl)c(Cl)c1)C(=O)COc1ccc(OC)cc1. The average molecular weight is 481 g/mol. The van der Waals surface area contributed by atoms with E-state index in [9.17, 15) is 9.59 Å². The molecule has 2 aromatic rings. The number of ether oxygens (including phenoxy) is 2. The lowest BCUT2D eigenvalue weighted by Crippen LogP contribution is -2.51. The quantitative estimate of drug-likeness (QED) is 0.485. The minimum Gasteiger partial charge on any atom is -0.497 e. The molecule has 0 aliphatic rings. The molecule has 2 rings (SSSR count). The van der Waals surface area contributed by atoms with E-state index < -0.39 is 6.04 Å². The number of amides is 2. The number of rotatable bonds is 11. The molecule has 0 fully saturated rings. The van der Waals surface area contributed by atoms with Crippen molar-refractivity contribution >= 4 is 35.0 Å². The number of hydrogen-bond donors (Lipinski definition) is 1. The zero-order chi connectivity index (χ0) is 23.7. The van der Waals surface area contributed by atoms with Gasteiger partial charge in [-0.05, 0) is 61.7 Å². The summed E-state index contributed by atoms with van der Waals surface area (Å²) in [7, 11) is 1.58. The third-order valence-electron chi connectivity index (χ3n) is 5.15. The normalized spacial score (nSPS) is 12.6. The van der Waals surface area contributed by atoms with E-state index in [0.29, 0.717) is 28.0 Å². The molecule has 0 unspecified atom stereocenters. The summed E-state index contributed by atoms with van der Waals surface area (Å²) in [5, 5.41) is 3.79. The molecule has 0 spiro atoms. The summed E-state index contributed by atoms with van der Waals surface area (Å²) in [6.07, 6.45) is 1.25. The van der Waals surface area contributed by atoms with Crippen molar-refractivity contribution in [2.75, 3.05) is 13.7 Å². The van der Waals surface area contributed by atoms with Crippen molar-refractivity contribution < 1.29 is 19.1 Å². The summed E-state index contributed by atoms with van der Waals surface area (Å²) < 4.78 is 10.8. The van der Waals surface area contributed by atoms with Crippen molar-refractivity contribution in [3.63, 3.8) is 0 Å². The summed E-state index contributed by atoms with van der Waals surface area (Å²) in [6.45, 7) is 5.80. The zero-order valence-corrected chi connectivity index (χ0v) is 20.4. The molecule has 32 heavy (non-hydrogen) atoms. The number of hydrogen-bond acceptors (Lipinski definition) is 4. The number of methoxy groups -OCH3 is 1. The molecule has 0 aromatic heterocycles. The van der Waals surface area contributed by atoms with Crippen molar-refractivity contribution in [2.24, 2.45) is 0 Å². The van der Waals surface area contributed by atoms with Crippen LogP contribution in [0.5, 0.6) is 11.5 Å². The van der Waals surface area contributed by atoms with Crippen LogP contribution < -0.4 is 14.8 Å². The van der Waals surface area contributed by atoms with Crippen LogP contribution in [0.25, 0.3) is 0 Å². The molecule has 0 bridgehead atoms. The molecule has 2 aromatic carbocycles. The molecule has 0 aliphatic carbocycles. The minimum absolute atomic E-state index is 0.00836. The third kappa shape index (κ3) is 7.31. The molecular weight excluding hydrogens is 451 g/mol. The van der Waals surface area contributed by atoms with Crippen molar-refractivity contribution in [3.8, 4) is 11.5 Å². The second-order valence-corrected chi connectivity index (χ2v) is 8.29. The Morgan fingerprint density at radius 1 is 1.00 bits per heavy atom. The lowest BCUT2D eigenvalue weighted by Gasteiger charge is -2.31. The topological polar surface area (TPSA) is 67.9 Å². The molecule has 1 N–H and O–H groups in total. The Labute approximate surface area is 199 Å². The number of halogens is 2. The first-order chi connectivity index (χ1) is 15.3. The molecule has 174 valence electrons. The first-order valence-corrected chi connectivity index (χ1v) is 11.3. The zero-order valence-electron chi connectivity index (χ0n) is 18.9. The van der Waals surface area contributed by atoms with Crippen LogP contribution in [0.1, 0.15) is 39.2 Å². The Balaban J connectivity index is 2.22. The molecule has 0 saturated carbocycles. The first kappa shape index (κ1) is 25.8. The standard InChI is InChI=1S/C24H30Cl2N2O4/c1-5-16(3)27-24(30)22(6-2)28(14-17-7-12-20(25)21(26)13-17)23(29)15-32-19-10-8-18(31-4)9-11-19/h7-13,16,22H,5-6,14-15H2,1-4H3,(H,27,30)/t16-,22-/m0/s1. The Hall–Kier alpha value is -2.44. The molecule has 0 radical (unpaired) electrons. The van der Waals surface area contributed by atoms with Gasteiger partial charge in [-0.2, -0.15) is 0 Å². The van der Waals surface area contributed by atoms with E-state index in [0.717, 1.165) is 12.0 Å². The van der Waals surface area contributed by atoms with E-state index >= 15 is 0 Å². The summed E-state index contributed by atoms with van der Waals surface area (Å²) in [4.78, 5) is 27.7. The minimum atomic E-state index is -0.648. The van der Waals surface area contributed by atoms with Crippen molar-refractivity contribution in [1.82, 2.24) is 10.2 Å². The van der Waals surface area contributed by atoms with Crippen LogP contribution in [0.15, 0.2) is 42.5 Å². The van der Waals surface area contributed by atoms with Gasteiger partial charge in [-0.25, -0.2) is 0 Å². The molecule has 2 amide bonds. The fourth-order valence-electron chi connectivity index (χ4n) is 3.10. The van der Waals surface area contributed by atoms with E-state index in [1.165, 1.54) is 4.90 Å². The second-order valence-electron chi connectivity index (χ2n) is 7.48. The Morgan fingerprint density at radius 3 is 2.22 bits per heavy atom. The van der Waals surface area contributed by atoms with E-state index in [-0.39, 0.29) is 31.0 Å². The van der Waals surface area contributed by atoms with Crippen LogP contribution in [0.3, 0.4) is 0 Å². The summed E-state index contributed by atoms with van der Waals surface area (Å²) >= 11 is 12.2. The van der Waals surface area contributed by atoms with Gasteiger partial charge in [0.25, 0.3) is 5.91 Å². The largest absolute Gasteiger partial charge is 0.497 e. The van der Waals surface area contributed by atoms with Crippen LogP contribution in [0.2, 0.25) is 10.0 Å². The first-order valence-electron chi connectivity index (χ1n) is 10.6. The third-order valence-corrected chi connectivity index (χ3v) is 5.88. The van der Waals surface area contributed by atoms with Gasteiger partial charge in [-0.3, -0.25) is 9.59 Å². The number of nitrogens with one attached hydrogen (secondary N) is 1. The predicted molar refractivity (Wildman–Crippen MR) is 127 cm³/mol. The van der Waals surface area contributed by atoms with Gasteiger partial charge in [-0.15, -0.1) is 0 Å². The summed E-state index contributed by atoms with van der Waals surface area (Å²) in [5.74, 6) is 0.723. The lowest BCUT2D eigenvalue weighted by atomic mass is 10.1. The van der Waals surface area contributed by atoms with Crippen LogP contribution in [0, 0.1) is 0 Å². The van der Waals surface area contributed by atoms with Crippen LogP contribution in [-0.4, -0.2) is 42.5 Å². The molecule has 0 aliphatic heterocycles. The Bertz CT molecular complexity index is 905.